The highest BCUT2D eigenvalue weighted by Crippen LogP contribution is 2.30. The molecule has 1 atom stereocenters. The second-order valence-corrected chi connectivity index (χ2v) is 10.6. The number of sulfonamides is 1. The van der Waals surface area contributed by atoms with Gasteiger partial charge in [-0.3, -0.25) is 18.5 Å². The van der Waals surface area contributed by atoms with Gasteiger partial charge in [-0.05, 0) is 49.7 Å². The zero-order valence-corrected chi connectivity index (χ0v) is 20.2. The highest BCUT2D eigenvalue weighted by molar-refractivity contribution is 7.92. The Morgan fingerprint density at radius 3 is 2.35 bits per heavy atom. The summed E-state index contributed by atoms with van der Waals surface area (Å²) in [7, 11) is -3.83. The zero-order valence-electron chi connectivity index (χ0n) is 17.1. The van der Waals surface area contributed by atoms with E-state index in [1.807, 2.05) is 6.92 Å². The third-order valence-electron chi connectivity index (χ3n) is 4.68. The van der Waals surface area contributed by atoms with Crippen LogP contribution in [0.15, 0.2) is 41.2 Å². The smallest absolute Gasteiger partial charge is 0.308 e. The number of nitrogens with zero attached hydrogens (tertiary/aromatic N) is 2. The normalized spacial score (nSPS) is 12.7. The van der Waals surface area contributed by atoms with Gasteiger partial charge < -0.3 is 5.32 Å². The van der Waals surface area contributed by atoms with E-state index in [-0.39, 0.29) is 27.0 Å². The molecule has 166 valence electrons. The van der Waals surface area contributed by atoms with Gasteiger partial charge >= 0.3 is 4.87 Å². The number of hydrogen-bond donors (Lipinski definition) is 1. The molecular weight excluding hydrogens is 481 g/mol. The van der Waals surface area contributed by atoms with Crippen molar-refractivity contribution in [3.63, 3.8) is 0 Å². The van der Waals surface area contributed by atoms with Crippen LogP contribution in [-0.4, -0.2) is 31.2 Å². The maximum atomic E-state index is 13.1. The van der Waals surface area contributed by atoms with E-state index in [0.29, 0.717) is 12.2 Å². The number of amides is 1. The van der Waals surface area contributed by atoms with Gasteiger partial charge in [0.15, 0.2) is 0 Å². The van der Waals surface area contributed by atoms with E-state index in [2.05, 4.69) is 5.32 Å². The maximum Gasteiger partial charge on any atom is 0.308 e. The molecule has 0 aliphatic heterocycles. The minimum atomic E-state index is -3.83. The van der Waals surface area contributed by atoms with Gasteiger partial charge in [-0.25, -0.2) is 8.42 Å². The SMILES string of the molecule is CC[C@H](C(=O)Nc1ccc2c(c1)sc(=O)n2CC)N(c1cc(Cl)cc(Cl)c1)S(C)(=O)=O. The Morgan fingerprint density at radius 1 is 1.16 bits per heavy atom. The first kappa shape index (κ1) is 23.6. The van der Waals surface area contributed by atoms with Crippen LogP contribution in [0.3, 0.4) is 0 Å². The lowest BCUT2D eigenvalue weighted by Gasteiger charge is -2.30. The molecule has 1 heterocycles. The van der Waals surface area contributed by atoms with Crippen molar-refractivity contribution in [2.24, 2.45) is 0 Å². The van der Waals surface area contributed by atoms with Gasteiger partial charge in [-0.15, -0.1) is 0 Å². The number of aromatic nitrogens is 1. The molecule has 0 radical (unpaired) electrons. The van der Waals surface area contributed by atoms with E-state index >= 15 is 0 Å². The number of rotatable bonds is 7. The minimum Gasteiger partial charge on any atom is -0.324 e. The summed E-state index contributed by atoms with van der Waals surface area (Å²) < 4.78 is 28.6. The molecule has 7 nitrogen and oxygen atoms in total. The fourth-order valence-electron chi connectivity index (χ4n) is 3.40. The van der Waals surface area contributed by atoms with Crippen LogP contribution < -0.4 is 14.5 Å². The molecule has 0 spiro atoms. The summed E-state index contributed by atoms with van der Waals surface area (Å²) in [6.45, 7) is 4.15. The van der Waals surface area contributed by atoms with Crippen molar-refractivity contribution in [3.8, 4) is 0 Å². The number of carbonyl (C=O) groups is 1. The Labute approximate surface area is 194 Å². The first-order valence-electron chi connectivity index (χ1n) is 9.45. The molecule has 3 rings (SSSR count). The van der Waals surface area contributed by atoms with Crippen LogP contribution in [0.1, 0.15) is 20.3 Å². The van der Waals surface area contributed by atoms with Gasteiger partial charge in [-0.2, -0.15) is 0 Å². The maximum absolute atomic E-state index is 13.1. The molecule has 11 heteroatoms. The van der Waals surface area contributed by atoms with Crippen molar-refractivity contribution in [2.75, 3.05) is 15.9 Å². The largest absolute Gasteiger partial charge is 0.324 e. The summed E-state index contributed by atoms with van der Waals surface area (Å²) in [4.78, 5) is 25.1. The minimum absolute atomic E-state index is 0.0755. The van der Waals surface area contributed by atoms with Gasteiger partial charge in [0.25, 0.3) is 0 Å². The third kappa shape index (κ3) is 5.06. The topological polar surface area (TPSA) is 88.5 Å². The number of halogens is 2. The first-order valence-corrected chi connectivity index (χ1v) is 12.9. The Kier molecular flexibility index (Phi) is 7.00. The molecule has 0 aliphatic carbocycles. The molecule has 3 aromatic rings. The van der Waals surface area contributed by atoms with Gasteiger partial charge in [0, 0.05) is 22.3 Å². The molecule has 0 fully saturated rings. The molecule has 1 N–H and O–H groups in total. The fourth-order valence-corrected chi connectivity index (χ4v) is 6.10. The van der Waals surface area contributed by atoms with Crippen molar-refractivity contribution >= 4 is 72.1 Å². The number of carbonyl (C=O) groups excluding carboxylic acids is 1. The van der Waals surface area contributed by atoms with Gasteiger partial charge in [0.2, 0.25) is 15.9 Å². The second kappa shape index (κ2) is 9.20. The van der Waals surface area contributed by atoms with E-state index in [1.54, 1.807) is 29.7 Å². The van der Waals surface area contributed by atoms with E-state index in [9.17, 15) is 18.0 Å². The number of aryl methyl sites for hydroxylation is 1. The monoisotopic (exact) mass is 501 g/mol. The molecule has 0 bridgehead atoms. The molecule has 0 aliphatic rings. The average molecular weight is 502 g/mol. The molecule has 2 aromatic carbocycles. The molecule has 0 saturated heterocycles. The second-order valence-electron chi connectivity index (χ2n) is 6.89. The van der Waals surface area contributed by atoms with Crippen LogP contribution in [0.25, 0.3) is 10.2 Å². The van der Waals surface area contributed by atoms with Crippen molar-refractivity contribution in [1.82, 2.24) is 4.57 Å². The van der Waals surface area contributed by atoms with Crippen LogP contribution in [0, 0.1) is 0 Å². The zero-order chi connectivity index (χ0) is 22.9. The summed E-state index contributed by atoms with van der Waals surface area (Å²) in [6.07, 6.45) is 1.24. The van der Waals surface area contributed by atoms with Crippen LogP contribution in [0.2, 0.25) is 10.0 Å². The number of hydrogen-bond acceptors (Lipinski definition) is 5. The van der Waals surface area contributed by atoms with Crippen LogP contribution in [0.4, 0.5) is 11.4 Å². The summed E-state index contributed by atoms with van der Waals surface area (Å²) in [6, 6.07) is 8.50. The van der Waals surface area contributed by atoms with E-state index < -0.39 is 22.0 Å². The Hall–Kier alpha value is -2.07. The third-order valence-corrected chi connectivity index (χ3v) is 7.24. The number of nitrogens with one attached hydrogen (secondary N) is 1. The van der Waals surface area contributed by atoms with Crippen molar-refractivity contribution in [3.05, 3.63) is 56.1 Å². The Bertz CT molecular complexity index is 1280. The van der Waals surface area contributed by atoms with Gasteiger partial charge in [-0.1, -0.05) is 41.5 Å². The van der Waals surface area contributed by atoms with Gasteiger partial charge in [0.05, 0.1) is 22.2 Å². The summed E-state index contributed by atoms with van der Waals surface area (Å²) >= 11 is 13.2. The highest BCUT2D eigenvalue weighted by Gasteiger charge is 2.32. The van der Waals surface area contributed by atoms with E-state index in [0.717, 1.165) is 32.1 Å². The molecular formula is C20H21Cl2N3O4S2. The van der Waals surface area contributed by atoms with Gasteiger partial charge in [0.1, 0.15) is 6.04 Å². The Morgan fingerprint density at radius 2 is 1.81 bits per heavy atom. The molecule has 0 unspecified atom stereocenters. The van der Waals surface area contributed by atoms with E-state index in [4.69, 9.17) is 23.2 Å². The molecule has 1 amide bonds. The van der Waals surface area contributed by atoms with E-state index in [1.165, 1.54) is 18.2 Å². The highest BCUT2D eigenvalue weighted by atomic mass is 35.5. The molecule has 1 aromatic heterocycles. The van der Waals surface area contributed by atoms with Crippen LogP contribution in [0.5, 0.6) is 0 Å². The first-order chi connectivity index (χ1) is 14.5. The number of anilines is 2. The predicted molar refractivity (Wildman–Crippen MR) is 128 cm³/mol. The number of benzene rings is 2. The van der Waals surface area contributed by atoms with Crippen LogP contribution >= 0.6 is 34.5 Å². The summed E-state index contributed by atoms with van der Waals surface area (Å²) in [5.74, 6) is -0.509. The van der Waals surface area contributed by atoms with Crippen molar-refractivity contribution in [1.29, 1.82) is 0 Å². The van der Waals surface area contributed by atoms with Crippen molar-refractivity contribution in [2.45, 2.75) is 32.9 Å². The summed E-state index contributed by atoms with van der Waals surface area (Å²) in [5, 5.41) is 3.28. The molecule has 31 heavy (non-hydrogen) atoms. The standard InChI is InChI=1S/C20H21Cl2N3O4S2/c1-4-16(25(31(3,28)29)15-9-12(21)8-13(22)10-15)19(26)23-14-6-7-17-18(11-14)30-20(27)24(17)5-2/h6-11,16H,4-5H2,1-3H3,(H,23,26)/t16-/m1/s1. The van der Waals surface area contributed by atoms with Crippen LogP contribution in [-0.2, 0) is 21.4 Å². The Balaban J connectivity index is 1.97. The quantitative estimate of drug-likeness (QED) is 0.513. The number of thiazole rings is 1. The lowest BCUT2D eigenvalue weighted by Crippen LogP contribution is -2.47. The number of fused-ring (bicyclic) bond motifs is 1. The predicted octanol–water partition coefficient (Wildman–Crippen LogP) is 4.57. The van der Waals surface area contributed by atoms with Crippen molar-refractivity contribution < 1.29 is 13.2 Å². The lowest BCUT2D eigenvalue weighted by atomic mass is 10.1. The fraction of sp³-hybridized carbons (Fsp3) is 0.300. The lowest BCUT2D eigenvalue weighted by molar-refractivity contribution is -0.117. The summed E-state index contributed by atoms with van der Waals surface area (Å²) in [5.41, 5.74) is 1.46. The molecule has 0 saturated carbocycles. The average Bonchev–Trinajstić information content (AvgIpc) is 2.97.